The minimum Gasteiger partial charge on any atom is -0.303 e. The van der Waals surface area contributed by atoms with Gasteiger partial charge in [-0.2, -0.15) is 0 Å². The van der Waals surface area contributed by atoms with Crippen LogP contribution in [-0.4, -0.2) is 44.5 Å². The highest BCUT2D eigenvalue weighted by Crippen LogP contribution is 2.18. The normalized spacial score (nSPS) is 18.0. The second kappa shape index (κ2) is 7.54. The number of halogens is 1. The quantitative estimate of drug-likeness (QED) is 0.641. The van der Waals surface area contributed by atoms with Crippen molar-refractivity contribution in [3.05, 3.63) is 23.5 Å². The van der Waals surface area contributed by atoms with Gasteiger partial charge < -0.3 is 4.90 Å². The summed E-state index contributed by atoms with van der Waals surface area (Å²) < 4.78 is 26.8. The lowest BCUT2D eigenvalue weighted by atomic mass is 9.99. The molecule has 1 saturated heterocycles. The average Bonchev–Trinajstić information content (AvgIpc) is 2.46. The van der Waals surface area contributed by atoms with Gasteiger partial charge in [0.05, 0.1) is 0 Å². The van der Waals surface area contributed by atoms with Crippen molar-refractivity contribution in [2.45, 2.75) is 31.1 Å². The molecule has 0 spiro atoms. The third-order valence-electron chi connectivity index (χ3n) is 3.83. The topological polar surface area (TPSA) is 62.3 Å². The van der Waals surface area contributed by atoms with Gasteiger partial charge in [0.15, 0.2) is 0 Å². The maximum absolute atomic E-state index is 12.1. The molecule has 0 radical (unpaired) electrons. The Kier molecular flexibility index (Phi) is 5.98. The molecule has 1 fully saturated rings. The van der Waals surface area contributed by atoms with Crippen LogP contribution in [0.2, 0.25) is 5.15 Å². The molecule has 1 aliphatic heterocycles. The number of sulfonamides is 1. The number of nitrogens with one attached hydrogen (secondary N) is 1. The lowest BCUT2D eigenvalue weighted by Gasteiger charge is -2.30. The van der Waals surface area contributed by atoms with E-state index >= 15 is 0 Å². The molecular weight excluding hydrogens is 310 g/mol. The summed E-state index contributed by atoms with van der Waals surface area (Å²) in [7, 11) is -3.57. The molecule has 0 aromatic carbocycles. The van der Waals surface area contributed by atoms with E-state index in [1.807, 2.05) is 0 Å². The molecule has 0 aliphatic carbocycles. The SMILES string of the molecule is CC1CCN(CCCNS(=O)(=O)c2cccnc2Cl)CC1. The van der Waals surface area contributed by atoms with Gasteiger partial charge in [0.1, 0.15) is 10.0 Å². The Morgan fingerprint density at radius 3 is 2.81 bits per heavy atom. The van der Waals surface area contributed by atoms with Gasteiger partial charge in [-0.05, 0) is 56.9 Å². The summed E-state index contributed by atoms with van der Waals surface area (Å²) in [5.74, 6) is 0.812. The Morgan fingerprint density at radius 2 is 2.14 bits per heavy atom. The number of hydrogen-bond donors (Lipinski definition) is 1. The molecule has 0 bridgehead atoms. The van der Waals surface area contributed by atoms with E-state index in [9.17, 15) is 8.42 Å². The minimum atomic E-state index is -3.57. The predicted molar refractivity (Wildman–Crippen MR) is 83.9 cm³/mol. The van der Waals surface area contributed by atoms with E-state index < -0.39 is 10.0 Å². The molecule has 0 atom stereocenters. The van der Waals surface area contributed by atoms with Crippen LogP contribution in [-0.2, 0) is 10.0 Å². The molecule has 118 valence electrons. The zero-order valence-electron chi connectivity index (χ0n) is 12.3. The van der Waals surface area contributed by atoms with Crippen LogP contribution in [0.1, 0.15) is 26.2 Å². The van der Waals surface area contributed by atoms with Crippen LogP contribution >= 0.6 is 11.6 Å². The Hall–Kier alpha value is -0.690. The van der Waals surface area contributed by atoms with E-state index in [1.54, 1.807) is 6.07 Å². The zero-order valence-corrected chi connectivity index (χ0v) is 13.8. The third-order valence-corrected chi connectivity index (χ3v) is 5.74. The number of pyridine rings is 1. The van der Waals surface area contributed by atoms with Gasteiger partial charge >= 0.3 is 0 Å². The predicted octanol–water partition coefficient (Wildman–Crippen LogP) is 2.14. The van der Waals surface area contributed by atoms with Crippen LogP contribution in [0.25, 0.3) is 0 Å². The lowest BCUT2D eigenvalue weighted by molar-refractivity contribution is 0.191. The van der Waals surface area contributed by atoms with Crippen molar-refractivity contribution in [1.29, 1.82) is 0 Å². The summed E-state index contributed by atoms with van der Waals surface area (Å²) >= 11 is 5.82. The average molecular weight is 332 g/mol. The van der Waals surface area contributed by atoms with E-state index in [4.69, 9.17) is 11.6 Å². The fourth-order valence-electron chi connectivity index (χ4n) is 2.44. The van der Waals surface area contributed by atoms with Crippen LogP contribution in [0.15, 0.2) is 23.2 Å². The van der Waals surface area contributed by atoms with Crippen molar-refractivity contribution >= 4 is 21.6 Å². The van der Waals surface area contributed by atoms with Crippen LogP contribution in [0.3, 0.4) is 0 Å². The van der Waals surface area contributed by atoms with Crippen LogP contribution in [0, 0.1) is 5.92 Å². The van der Waals surface area contributed by atoms with Crippen molar-refractivity contribution in [1.82, 2.24) is 14.6 Å². The van der Waals surface area contributed by atoms with Gasteiger partial charge in [0.25, 0.3) is 0 Å². The van der Waals surface area contributed by atoms with Gasteiger partial charge in [-0.15, -0.1) is 0 Å². The Morgan fingerprint density at radius 1 is 1.43 bits per heavy atom. The Labute approximate surface area is 131 Å². The number of rotatable bonds is 6. The summed E-state index contributed by atoms with van der Waals surface area (Å²) in [5, 5.41) is 0.00928. The van der Waals surface area contributed by atoms with Gasteiger partial charge in [-0.25, -0.2) is 18.1 Å². The number of aromatic nitrogens is 1. The number of likely N-dealkylation sites (tertiary alicyclic amines) is 1. The first-order valence-corrected chi connectivity index (χ1v) is 9.17. The Bertz CT molecular complexity index is 557. The van der Waals surface area contributed by atoms with E-state index in [0.717, 1.165) is 32.0 Å². The molecule has 2 rings (SSSR count). The summed E-state index contributed by atoms with van der Waals surface area (Å²) in [6.07, 6.45) is 4.73. The molecule has 1 aliphatic rings. The maximum atomic E-state index is 12.1. The molecule has 5 nitrogen and oxygen atoms in total. The molecule has 2 heterocycles. The molecule has 7 heteroatoms. The van der Waals surface area contributed by atoms with E-state index in [-0.39, 0.29) is 10.0 Å². The first kappa shape index (κ1) is 16.7. The molecule has 0 saturated carbocycles. The van der Waals surface area contributed by atoms with Crippen LogP contribution < -0.4 is 4.72 Å². The smallest absolute Gasteiger partial charge is 0.243 e. The van der Waals surface area contributed by atoms with Crippen molar-refractivity contribution in [3.63, 3.8) is 0 Å². The number of hydrogen-bond acceptors (Lipinski definition) is 4. The third kappa shape index (κ3) is 4.92. The van der Waals surface area contributed by atoms with Gasteiger partial charge in [-0.1, -0.05) is 18.5 Å². The van der Waals surface area contributed by atoms with Crippen LogP contribution in [0.4, 0.5) is 0 Å². The highest BCUT2D eigenvalue weighted by molar-refractivity contribution is 7.89. The molecule has 21 heavy (non-hydrogen) atoms. The Balaban J connectivity index is 1.77. The zero-order chi connectivity index (χ0) is 15.3. The van der Waals surface area contributed by atoms with Crippen molar-refractivity contribution in [2.24, 2.45) is 5.92 Å². The monoisotopic (exact) mass is 331 g/mol. The fraction of sp³-hybridized carbons (Fsp3) is 0.643. The van der Waals surface area contributed by atoms with Crippen LogP contribution in [0.5, 0.6) is 0 Å². The summed E-state index contributed by atoms with van der Waals surface area (Å²) in [5.41, 5.74) is 0. The van der Waals surface area contributed by atoms with Gasteiger partial charge in [0, 0.05) is 12.7 Å². The number of piperidine rings is 1. The van der Waals surface area contributed by atoms with Gasteiger partial charge in [0.2, 0.25) is 10.0 Å². The largest absolute Gasteiger partial charge is 0.303 e. The summed E-state index contributed by atoms with van der Waals surface area (Å²) in [4.78, 5) is 6.23. The molecular formula is C14H22ClN3O2S. The van der Waals surface area contributed by atoms with E-state index in [2.05, 4.69) is 21.5 Å². The van der Waals surface area contributed by atoms with E-state index in [1.165, 1.54) is 25.1 Å². The minimum absolute atomic E-state index is 0.00928. The van der Waals surface area contributed by atoms with Crippen molar-refractivity contribution in [3.8, 4) is 0 Å². The second-order valence-corrected chi connectivity index (χ2v) is 7.66. The molecule has 1 aromatic heterocycles. The van der Waals surface area contributed by atoms with Gasteiger partial charge in [-0.3, -0.25) is 0 Å². The fourth-order valence-corrected chi connectivity index (χ4v) is 3.97. The molecule has 1 N–H and O–H groups in total. The highest BCUT2D eigenvalue weighted by Gasteiger charge is 2.18. The first-order chi connectivity index (χ1) is 9.99. The molecule has 0 unspecified atom stereocenters. The lowest BCUT2D eigenvalue weighted by Crippen LogP contribution is -2.35. The molecule has 0 amide bonds. The van der Waals surface area contributed by atoms with E-state index in [0.29, 0.717) is 6.54 Å². The first-order valence-electron chi connectivity index (χ1n) is 7.31. The summed E-state index contributed by atoms with van der Waals surface area (Å²) in [6, 6.07) is 3.03. The maximum Gasteiger partial charge on any atom is 0.243 e. The number of nitrogens with zero attached hydrogens (tertiary/aromatic N) is 2. The summed E-state index contributed by atoms with van der Waals surface area (Å²) in [6.45, 7) is 5.85. The van der Waals surface area contributed by atoms with Crippen molar-refractivity contribution in [2.75, 3.05) is 26.2 Å². The van der Waals surface area contributed by atoms with Crippen molar-refractivity contribution < 1.29 is 8.42 Å². The molecule has 1 aromatic rings. The standard InChI is InChI=1S/C14H22ClN3O2S/c1-12-5-10-18(11-6-12)9-3-8-17-21(19,20)13-4-2-7-16-14(13)15/h2,4,7,12,17H,3,5-6,8-11H2,1H3. The highest BCUT2D eigenvalue weighted by atomic mass is 35.5. The second-order valence-electron chi connectivity index (χ2n) is 5.57.